The average Bonchev–Trinajstić information content (AvgIpc) is 3.08. The first-order valence-corrected chi connectivity index (χ1v) is 12.0. The van der Waals surface area contributed by atoms with Crippen molar-refractivity contribution in [1.82, 2.24) is 19.8 Å². The second-order valence-corrected chi connectivity index (χ2v) is 9.94. The number of nitrogens with one attached hydrogen (secondary N) is 1. The molecule has 6 nitrogen and oxygen atoms in total. The monoisotopic (exact) mass is 424 g/mol. The quantitative estimate of drug-likeness (QED) is 0.767. The number of aromatic nitrogens is 2. The van der Waals surface area contributed by atoms with Gasteiger partial charge in [-0.25, -0.2) is 4.98 Å². The van der Waals surface area contributed by atoms with E-state index in [4.69, 9.17) is 0 Å². The Morgan fingerprint density at radius 2 is 1.84 bits per heavy atom. The number of benzene rings is 1. The van der Waals surface area contributed by atoms with Crippen LogP contribution in [0.25, 0.3) is 11.0 Å². The molecule has 0 saturated heterocycles. The molecular formula is C25H36N4O2. The Balaban J connectivity index is 1.66. The van der Waals surface area contributed by atoms with Crippen molar-refractivity contribution in [2.75, 3.05) is 6.54 Å². The molecule has 0 bridgehead atoms. The molecule has 4 rings (SSSR count). The number of carbonyl (C=O) groups is 2. The molecule has 2 aromatic rings. The topological polar surface area (TPSA) is 67.2 Å². The van der Waals surface area contributed by atoms with Crippen LogP contribution < -0.4 is 5.32 Å². The lowest BCUT2D eigenvalue weighted by Crippen LogP contribution is -2.65. The molecule has 1 aliphatic heterocycles. The van der Waals surface area contributed by atoms with Gasteiger partial charge >= 0.3 is 0 Å². The van der Waals surface area contributed by atoms with Crippen LogP contribution in [0.5, 0.6) is 0 Å². The minimum absolute atomic E-state index is 0.0291. The lowest BCUT2D eigenvalue weighted by Gasteiger charge is -2.44. The van der Waals surface area contributed by atoms with Gasteiger partial charge in [0.25, 0.3) is 5.91 Å². The van der Waals surface area contributed by atoms with Gasteiger partial charge in [0.2, 0.25) is 5.91 Å². The summed E-state index contributed by atoms with van der Waals surface area (Å²) in [6.45, 7) is 7.23. The molecule has 1 N–H and O–H groups in total. The van der Waals surface area contributed by atoms with Crippen LogP contribution in [0.4, 0.5) is 0 Å². The highest BCUT2D eigenvalue weighted by Gasteiger charge is 2.48. The van der Waals surface area contributed by atoms with Crippen LogP contribution in [-0.4, -0.2) is 44.4 Å². The Labute approximate surface area is 185 Å². The highest BCUT2D eigenvalue weighted by molar-refractivity contribution is 6.01. The molecule has 2 amide bonds. The van der Waals surface area contributed by atoms with Gasteiger partial charge in [-0.1, -0.05) is 58.1 Å². The van der Waals surface area contributed by atoms with Crippen LogP contribution in [0.3, 0.4) is 0 Å². The molecule has 1 saturated carbocycles. The van der Waals surface area contributed by atoms with E-state index in [1.54, 1.807) is 4.90 Å². The molecule has 1 atom stereocenters. The summed E-state index contributed by atoms with van der Waals surface area (Å²) < 4.78 is 1.95. The van der Waals surface area contributed by atoms with Crippen molar-refractivity contribution in [2.24, 2.45) is 5.92 Å². The van der Waals surface area contributed by atoms with E-state index in [-0.39, 0.29) is 17.9 Å². The van der Waals surface area contributed by atoms with E-state index >= 15 is 0 Å². The van der Waals surface area contributed by atoms with Crippen molar-refractivity contribution in [2.45, 2.75) is 90.3 Å². The zero-order valence-corrected chi connectivity index (χ0v) is 19.2. The maximum atomic E-state index is 13.7. The molecule has 31 heavy (non-hydrogen) atoms. The number of amides is 2. The van der Waals surface area contributed by atoms with Gasteiger partial charge in [-0.05, 0) is 44.2 Å². The number of nitrogens with zero attached hydrogens (tertiary/aromatic N) is 3. The molecule has 2 aliphatic rings. The Morgan fingerprint density at radius 1 is 1.16 bits per heavy atom. The standard InChI is InChI=1S/C25H36N4O2/c1-18(2)15-16-29-23(30)22-27-20-13-9-10-14-21(20)28(22)17-25(29,3)24(31)26-19-11-7-5-4-6-8-12-19/h9-10,13-14,18-19H,4-8,11-12,15-17H2,1-3H3,(H,26,31)/t25-/m1/s1. The van der Waals surface area contributed by atoms with Gasteiger partial charge < -0.3 is 14.8 Å². The largest absolute Gasteiger partial charge is 0.351 e. The smallest absolute Gasteiger partial charge is 0.290 e. The van der Waals surface area contributed by atoms with Crippen LogP contribution in [0.2, 0.25) is 0 Å². The van der Waals surface area contributed by atoms with Crippen LogP contribution in [-0.2, 0) is 11.3 Å². The molecule has 2 heterocycles. The highest BCUT2D eigenvalue weighted by atomic mass is 16.2. The molecule has 1 aliphatic carbocycles. The number of para-hydroxylation sites is 2. The lowest BCUT2D eigenvalue weighted by molar-refractivity contribution is -0.133. The van der Waals surface area contributed by atoms with Crippen molar-refractivity contribution in [3.63, 3.8) is 0 Å². The van der Waals surface area contributed by atoms with Gasteiger partial charge in [-0.3, -0.25) is 9.59 Å². The predicted molar refractivity (Wildman–Crippen MR) is 123 cm³/mol. The second-order valence-electron chi connectivity index (χ2n) is 9.94. The molecule has 0 radical (unpaired) electrons. The third-order valence-electron chi connectivity index (χ3n) is 7.01. The number of imidazole rings is 1. The average molecular weight is 425 g/mol. The number of rotatable bonds is 5. The van der Waals surface area contributed by atoms with Crippen LogP contribution >= 0.6 is 0 Å². The van der Waals surface area contributed by atoms with E-state index in [1.807, 2.05) is 35.8 Å². The fraction of sp³-hybridized carbons (Fsp3) is 0.640. The molecule has 0 unspecified atom stereocenters. The fourth-order valence-electron chi connectivity index (χ4n) is 5.01. The third-order valence-corrected chi connectivity index (χ3v) is 7.01. The summed E-state index contributed by atoms with van der Waals surface area (Å²) >= 11 is 0. The summed E-state index contributed by atoms with van der Waals surface area (Å²) in [6.07, 6.45) is 9.02. The molecular weight excluding hydrogens is 388 g/mol. The Kier molecular flexibility index (Phi) is 6.35. The lowest BCUT2D eigenvalue weighted by atomic mass is 9.92. The van der Waals surface area contributed by atoms with Crippen molar-refractivity contribution < 1.29 is 9.59 Å². The van der Waals surface area contributed by atoms with Crippen LogP contribution in [0, 0.1) is 5.92 Å². The number of carbonyl (C=O) groups excluding carboxylic acids is 2. The third kappa shape index (κ3) is 4.35. The maximum absolute atomic E-state index is 13.7. The highest BCUT2D eigenvalue weighted by Crippen LogP contribution is 2.31. The number of hydrogen-bond acceptors (Lipinski definition) is 3. The van der Waals surface area contributed by atoms with Crippen molar-refractivity contribution in [1.29, 1.82) is 0 Å². The fourth-order valence-corrected chi connectivity index (χ4v) is 5.01. The first-order chi connectivity index (χ1) is 14.9. The Bertz CT molecular complexity index is 942. The summed E-state index contributed by atoms with van der Waals surface area (Å²) in [5, 5.41) is 3.34. The number of fused-ring (bicyclic) bond motifs is 3. The van der Waals surface area contributed by atoms with E-state index in [9.17, 15) is 9.59 Å². The van der Waals surface area contributed by atoms with Crippen LogP contribution in [0.1, 0.15) is 82.8 Å². The van der Waals surface area contributed by atoms with Gasteiger partial charge in [0.15, 0.2) is 5.82 Å². The maximum Gasteiger partial charge on any atom is 0.290 e. The zero-order chi connectivity index (χ0) is 22.0. The second kappa shape index (κ2) is 9.01. The summed E-state index contributed by atoms with van der Waals surface area (Å²) in [5.74, 6) is 0.727. The van der Waals surface area contributed by atoms with Crippen LogP contribution in [0.15, 0.2) is 24.3 Å². The van der Waals surface area contributed by atoms with E-state index in [2.05, 4.69) is 24.1 Å². The number of hydrogen-bond donors (Lipinski definition) is 1. The summed E-state index contributed by atoms with van der Waals surface area (Å²) in [7, 11) is 0. The summed E-state index contributed by atoms with van der Waals surface area (Å²) in [5.41, 5.74) is 0.795. The molecule has 0 spiro atoms. The molecule has 1 aromatic heterocycles. The Hall–Kier alpha value is -2.37. The Morgan fingerprint density at radius 3 is 2.55 bits per heavy atom. The van der Waals surface area contributed by atoms with Gasteiger partial charge in [0.1, 0.15) is 5.54 Å². The van der Waals surface area contributed by atoms with Crippen molar-refractivity contribution in [3.8, 4) is 0 Å². The van der Waals surface area contributed by atoms with E-state index in [1.165, 1.54) is 19.3 Å². The predicted octanol–water partition coefficient (Wildman–Crippen LogP) is 4.53. The minimum atomic E-state index is -0.926. The van der Waals surface area contributed by atoms with E-state index in [0.29, 0.717) is 24.8 Å². The summed E-state index contributed by atoms with van der Waals surface area (Å²) in [6, 6.07) is 8.00. The van der Waals surface area contributed by atoms with Gasteiger partial charge in [-0.15, -0.1) is 0 Å². The van der Waals surface area contributed by atoms with Gasteiger partial charge in [0.05, 0.1) is 17.6 Å². The first kappa shape index (κ1) is 21.8. The van der Waals surface area contributed by atoms with Gasteiger partial charge in [0, 0.05) is 12.6 Å². The molecule has 1 aromatic carbocycles. The zero-order valence-electron chi connectivity index (χ0n) is 19.2. The van der Waals surface area contributed by atoms with Crippen molar-refractivity contribution in [3.05, 3.63) is 30.1 Å². The molecule has 1 fully saturated rings. The summed E-state index contributed by atoms with van der Waals surface area (Å²) in [4.78, 5) is 33.7. The minimum Gasteiger partial charge on any atom is -0.351 e. The molecule has 6 heteroatoms. The SMILES string of the molecule is CC(C)CCN1C(=O)c2nc3ccccc3n2C[C@]1(C)C(=O)NC1CCCCCCC1. The van der Waals surface area contributed by atoms with E-state index in [0.717, 1.165) is 43.1 Å². The van der Waals surface area contributed by atoms with E-state index < -0.39 is 5.54 Å². The normalized spacial score (nSPS) is 23.0. The first-order valence-electron chi connectivity index (χ1n) is 12.0. The molecule has 168 valence electrons. The van der Waals surface area contributed by atoms with Crippen molar-refractivity contribution >= 4 is 22.8 Å². The van der Waals surface area contributed by atoms with Gasteiger partial charge in [-0.2, -0.15) is 0 Å².